The molecule has 0 bridgehead atoms. The largest absolute Gasteiger partial charge is 0.354 e. The standard InChI is InChI=1S/C25H35N3O3S/c1-3-22-13-9-10-18-27(22)19-11-17-26-25(29)20-28(24-16-8-7-12-21(24)2)32(30,31)23-14-5-4-6-15-23/h4-8,12,14-16,22H,3,9-11,13,17-20H2,1-2H3,(H,26,29). The fourth-order valence-corrected chi connectivity index (χ4v) is 5.88. The zero-order valence-electron chi connectivity index (χ0n) is 19.2. The number of sulfonamides is 1. The molecule has 174 valence electrons. The second-order valence-corrected chi connectivity index (χ2v) is 10.3. The van der Waals surface area contributed by atoms with Crippen LogP contribution in [-0.2, 0) is 14.8 Å². The lowest BCUT2D eigenvalue weighted by Crippen LogP contribution is -2.43. The number of aryl methyl sites for hydroxylation is 1. The Labute approximate surface area is 192 Å². The van der Waals surface area contributed by atoms with Crippen LogP contribution in [0.1, 0.15) is 44.6 Å². The first-order valence-corrected chi connectivity index (χ1v) is 13.0. The zero-order chi connectivity index (χ0) is 23.0. The summed E-state index contributed by atoms with van der Waals surface area (Å²) in [7, 11) is -3.87. The number of likely N-dealkylation sites (tertiary alicyclic amines) is 1. The van der Waals surface area contributed by atoms with Gasteiger partial charge in [0.05, 0.1) is 10.6 Å². The van der Waals surface area contributed by atoms with Gasteiger partial charge in [-0.2, -0.15) is 0 Å². The minimum absolute atomic E-state index is 0.173. The molecule has 1 aliphatic rings. The van der Waals surface area contributed by atoms with Gasteiger partial charge in [-0.3, -0.25) is 9.10 Å². The van der Waals surface area contributed by atoms with E-state index in [4.69, 9.17) is 0 Å². The van der Waals surface area contributed by atoms with Crippen LogP contribution in [0.2, 0.25) is 0 Å². The van der Waals surface area contributed by atoms with E-state index in [-0.39, 0.29) is 17.3 Å². The molecule has 0 aliphatic carbocycles. The molecule has 3 rings (SSSR count). The number of para-hydroxylation sites is 1. The van der Waals surface area contributed by atoms with Gasteiger partial charge < -0.3 is 10.2 Å². The van der Waals surface area contributed by atoms with E-state index < -0.39 is 10.0 Å². The van der Waals surface area contributed by atoms with Gasteiger partial charge in [-0.25, -0.2) is 8.42 Å². The topological polar surface area (TPSA) is 69.7 Å². The van der Waals surface area contributed by atoms with E-state index in [0.29, 0.717) is 18.3 Å². The maximum atomic E-state index is 13.4. The predicted molar refractivity (Wildman–Crippen MR) is 129 cm³/mol. The summed E-state index contributed by atoms with van der Waals surface area (Å²) in [5.41, 5.74) is 1.32. The Bertz CT molecular complexity index is 979. The van der Waals surface area contributed by atoms with Gasteiger partial charge >= 0.3 is 0 Å². The molecule has 0 radical (unpaired) electrons. The number of piperidine rings is 1. The van der Waals surface area contributed by atoms with Gasteiger partial charge in [-0.1, -0.05) is 49.7 Å². The Balaban J connectivity index is 1.65. The Morgan fingerprint density at radius 3 is 2.53 bits per heavy atom. The second kappa shape index (κ2) is 11.5. The highest BCUT2D eigenvalue weighted by Crippen LogP contribution is 2.26. The first kappa shape index (κ1) is 24.3. The van der Waals surface area contributed by atoms with Gasteiger partial charge in [-0.15, -0.1) is 0 Å². The number of nitrogens with zero attached hydrogens (tertiary/aromatic N) is 2. The van der Waals surface area contributed by atoms with Crippen molar-refractivity contribution in [3.63, 3.8) is 0 Å². The van der Waals surface area contributed by atoms with E-state index in [1.807, 2.05) is 19.1 Å². The van der Waals surface area contributed by atoms with Crippen molar-refractivity contribution < 1.29 is 13.2 Å². The molecule has 2 aromatic carbocycles. The fourth-order valence-electron chi connectivity index (χ4n) is 4.38. The summed E-state index contributed by atoms with van der Waals surface area (Å²) in [5, 5.41) is 2.93. The summed E-state index contributed by atoms with van der Waals surface area (Å²) in [4.78, 5) is 15.5. The third-order valence-corrected chi connectivity index (χ3v) is 7.94. The third kappa shape index (κ3) is 6.11. The Kier molecular flexibility index (Phi) is 8.70. The van der Waals surface area contributed by atoms with Gasteiger partial charge in [0.25, 0.3) is 10.0 Å². The molecule has 1 amide bonds. The Morgan fingerprint density at radius 2 is 1.81 bits per heavy atom. The van der Waals surface area contributed by atoms with Gasteiger partial charge in [-0.05, 0) is 62.9 Å². The van der Waals surface area contributed by atoms with Crippen LogP contribution in [0, 0.1) is 6.92 Å². The van der Waals surface area contributed by atoms with Crippen molar-refractivity contribution in [2.45, 2.75) is 56.9 Å². The summed E-state index contributed by atoms with van der Waals surface area (Å²) in [6.45, 7) is 6.47. The first-order valence-electron chi connectivity index (χ1n) is 11.6. The van der Waals surface area contributed by atoms with Gasteiger partial charge in [0, 0.05) is 19.1 Å². The van der Waals surface area contributed by atoms with Crippen molar-refractivity contribution in [3.05, 3.63) is 60.2 Å². The van der Waals surface area contributed by atoms with E-state index in [2.05, 4.69) is 17.1 Å². The molecule has 32 heavy (non-hydrogen) atoms. The first-order chi connectivity index (χ1) is 15.4. The normalized spacial score (nSPS) is 17.1. The molecule has 0 aromatic heterocycles. The van der Waals surface area contributed by atoms with Crippen LogP contribution >= 0.6 is 0 Å². The van der Waals surface area contributed by atoms with Crippen molar-refractivity contribution in [3.8, 4) is 0 Å². The van der Waals surface area contributed by atoms with Crippen LogP contribution in [0.15, 0.2) is 59.5 Å². The number of nitrogens with one attached hydrogen (secondary N) is 1. The number of amides is 1. The Morgan fingerprint density at radius 1 is 1.09 bits per heavy atom. The Hall–Kier alpha value is -2.38. The molecule has 1 fully saturated rings. The van der Waals surface area contributed by atoms with Crippen molar-refractivity contribution in [2.75, 3.05) is 30.5 Å². The van der Waals surface area contributed by atoms with Crippen LogP contribution in [0.3, 0.4) is 0 Å². The highest BCUT2D eigenvalue weighted by Gasteiger charge is 2.28. The SMILES string of the molecule is CCC1CCCCN1CCCNC(=O)CN(c1ccccc1C)S(=O)(=O)c1ccccc1. The van der Waals surface area contributed by atoms with E-state index in [1.54, 1.807) is 42.5 Å². The molecular weight excluding hydrogens is 422 g/mol. The molecule has 0 spiro atoms. The minimum atomic E-state index is -3.87. The van der Waals surface area contributed by atoms with Crippen LogP contribution in [0.5, 0.6) is 0 Å². The predicted octanol–water partition coefficient (Wildman–Crippen LogP) is 3.96. The molecule has 0 saturated carbocycles. The smallest absolute Gasteiger partial charge is 0.264 e. The second-order valence-electron chi connectivity index (χ2n) is 8.41. The molecule has 1 saturated heterocycles. The van der Waals surface area contributed by atoms with Crippen molar-refractivity contribution in [2.24, 2.45) is 0 Å². The summed E-state index contributed by atoms with van der Waals surface area (Å²) in [6.07, 6.45) is 5.82. The molecule has 2 aromatic rings. The third-order valence-electron chi connectivity index (χ3n) is 6.17. The molecule has 1 heterocycles. The molecule has 1 unspecified atom stereocenters. The highest BCUT2D eigenvalue weighted by atomic mass is 32.2. The summed E-state index contributed by atoms with van der Waals surface area (Å²) in [6, 6.07) is 16.1. The molecule has 1 aliphatic heterocycles. The van der Waals surface area contributed by atoms with Crippen molar-refractivity contribution in [1.29, 1.82) is 0 Å². The van der Waals surface area contributed by atoms with Crippen LogP contribution in [0.4, 0.5) is 5.69 Å². The number of hydrogen-bond acceptors (Lipinski definition) is 4. The monoisotopic (exact) mass is 457 g/mol. The molecule has 1 N–H and O–H groups in total. The van der Waals surface area contributed by atoms with E-state index in [0.717, 1.165) is 31.5 Å². The zero-order valence-corrected chi connectivity index (χ0v) is 20.0. The van der Waals surface area contributed by atoms with Gasteiger partial charge in [0.1, 0.15) is 6.54 Å². The number of carbonyl (C=O) groups is 1. The number of carbonyl (C=O) groups excluding carboxylic acids is 1. The summed E-state index contributed by atoms with van der Waals surface area (Å²) in [5.74, 6) is -0.293. The minimum Gasteiger partial charge on any atom is -0.354 e. The lowest BCUT2D eigenvalue weighted by molar-refractivity contribution is -0.119. The van der Waals surface area contributed by atoms with Crippen molar-refractivity contribution in [1.82, 2.24) is 10.2 Å². The lowest BCUT2D eigenvalue weighted by Gasteiger charge is -2.35. The summed E-state index contributed by atoms with van der Waals surface area (Å²) >= 11 is 0. The molecule has 6 nitrogen and oxygen atoms in total. The van der Waals surface area contributed by atoms with E-state index in [1.165, 1.54) is 23.6 Å². The molecule has 1 atom stereocenters. The average Bonchev–Trinajstić information content (AvgIpc) is 2.81. The average molecular weight is 458 g/mol. The molecular formula is C25H35N3O3S. The fraction of sp³-hybridized carbons (Fsp3) is 0.480. The van der Waals surface area contributed by atoms with Crippen molar-refractivity contribution >= 4 is 21.6 Å². The number of rotatable bonds is 10. The van der Waals surface area contributed by atoms with Gasteiger partial charge in [0.2, 0.25) is 5.91 Å². The van der Waals surface area contributed by atoms with Crippen LogP contribution in [0.25, 0.3) is 0 Å². The lowest BCUT2D eigenvalue weighted by atomic mass is 10.00. The number of benzene rings is 2. The summed E-state index contributed by atoms with van der Waals surface area (Å²) < 4.78 is 27.9. The number of anilines is 1. The highest BCUT2D eigenvalue weighted by molar-refractivity contribution is 7.92. The van der Waals surface area contributed by atoms with Crippen LogP contribution < -0.4 is 9.62 Å². The van der Waals surface area contributed by atoms with E-state index in [9.17, 15) is 13.2 Å². The van der Waals surface area contributed by atoms with Gasteiger partial charge in [0.15, 0.2) is 0 Å². The van der Waals surface area contributed by atoms with E-state index >= 15 is 0 Å². The molecule has 7 heteroatoms. The quantitative estimate of drug-likeness (QED) is 0.548. The van der Waals surface area contributed by atoms with Crippen LogP contribution in [-0.4, -0.2) is 51.4 Å². The maximum Gasteiger partial charge on any atom is 0.264 e. The number of hydrogen-bond donors (Lipinski definition) is 1. The maximum absolute atomic E-state index is 13.4.